The average Bonchev–Trinajstić information content (AvgIpc) is 2.16. The highest BCUT2D eigenvalue weighted by atomic mass is 15.1. The highest BCUT2D eigenvalue weighted by Crippen LogP contribution is 2.05. The van der Waals surface area contributed by atoms with Crippen molar-refractivity contribution in [3.8, 4) is 0 Å². The van der Waals surface area contributed by atoms with Crippen molar-refractivity contribution in [2.75, 3.05) is 6.54 Å². The standard InChI is InChI=1S/C10H11N3/c1-9(8-12-13-11)7-10-5-3-2-4-6-10/h2-7H,8H2,1H3/b9-7+. The van der Waals surface area contributed by atoms with Crippen LogP contribution >= 0.6 is 0 Å². The molecular weight excluding hydrogens is 162 g/mol. The molecule has 0 radical (unpaired) electrons. The monoisotopic (exact) mass is 173 g/mol. The Hall–Kier alpha value is -1.73. The Morgan fingerprint density at radius 1 is 1.46 bits per heavy atom. The predicted octanol–water partition coefficient (Wildman–Crippen LogP) is 3.40. The smallest absolute Gasteiger partial charge is 0.0470 e. The maximum absolute atomic E-state index is 8.11. The summed E-state index contributed by atoms with van der Waals surface area (Å²) in [6.07, 6.45) is 2.01. The fraction of sp³-hybridized carbons (Fsp3) is 0.200. The highest BCUT2D eigenvalue weighted by molar-refractivity contribution is 5.52. The van der Waals surface area contributed by atoms with E-state index in [0.29, 0.717) is 6.54 Å². The third kappa shape index (κ3) is 3.45. The zero-order chi connectivity index (χ0) is 9.52. The van der Waals surface area contributed by atoms with Gasteiger partial charge >= 0.3 is 0 Å². The van der Waals surface area contributed by atoms with E-state index in [1.807, 2.05) is 43.3 Å². The third-order valence-corrected chi connectivity index (χ3v) is 1.60. The molecule has 0 aliphatic rings. The van der Waals surface area contributed by atoms with Crippen molar-refractivity contribution in [1.29, 1.82) is 0 Å². The minimum absolute atomic E-state index is 0.436. The molecule has 0 aliphatic heterocycles. The van der Waals surface area contributed by atoms with Gasteiger partial charge < -0.3 is 0 Å². The molecule has 0 saturated carbocycles. The lowest BCUT2D eigenvalue weighted by Crippen LogP contribution is -1.80. The van der Waals surface area contributed by atoms with Crippen LogP contribution in [-0.4, -0.2) is 6.54 Å². The van der Waals surface area contributed by atoms with Gasteiger partial charge in [-0.1, -0.05) is 47.1 Å². The fourth-order valence-electron chi connectivity index (χ4n) is 1.02. The van der Waals surface area contributed by atoms with Crippen LogP contribution in [0.4, 0.5) is 0 Å². The van der Waals surface area contributed by atoms with Crippen LogP contribution in [0.15, 0.2) is 41.0 Å². The topological polar surface area (TPSA) is 48.8 Å². The molecule has 0 aliphatic carbocycles. The minimum atomic E-state index is 0.436. The molecule has 13 heavy (non-hydrogen) atoms. The van der Waals surface area contributed by atoms with Crippen LogP contribution in [0.2, 0.25) is 0 Å². The molecule has 1 rings (SSSR count). The fourth-order valence-corrected chi connectivity index (χ4v) is 1.02. The van der Waals surface area contributed by atoms with E-state index in [9.17, 15) is 0 Å². The van der Waals surface area contributed by atoms with Crippen LogP contribution < -0.4 is 0 Å². The van der Waals surface area contributed by atoms with Crippen LogP contribution in [0, 0.1) is 0 Å². The van der Waals surface area contributed by atoms with Gasteiger partial charge in [0.05, 0.1) is 0 Å². The van der Waals surface area contributed by atoms with Gasteiger partial charge in [0.2, 0.25) is 0 Å². The molecule has 0 fully saturated rings. The second-order valence-corrected chi connectivity index (χ2v) is 2.79. The number of nitrogens with zero attached hydrogens (tertiary/aromatic N) is 3. The van der Waals surface area contributed by atoms with E-state index in [1.54, 1.807) is 0 Å². The lowest BCUT2D eigenvalue weighted by atomic mass is 10.1. The molecule has 0 heterocycles. The molecule has 0 aromatic heterocycles. The van der Waals surface area contributed by atoms with Crippen LogP contribution in [0.5, 0.6) is 0 Å². The maximum Gasteiger partial charge on any atom is 0.0470 e. The Labute approximate surface area is 77.3 Å². The van der Waals surface area contributed by atoms with Gasteiger partial charge in [-0.15, -0.1) is 0 Å². The Morgan fingerprint density at radius 3 is 2.77 bits per heavy atom. The molecule has 66 valence electrons. The first-order chi connectivity index (χ1) is 6.33. The summed E-state index contributed by atoms with van der Waals surface area (Å²) >= 11 is 0. The van der Waals surface area contributed by atoms with Crippen molar-refractivity contribution in [3.63, 3.8) is 0 Å². The van der Waals surface area contributed by atoms with E-state index in [0.717, 1.165) is 11.1 Å². The molecule has 0 spiro atoms. The minimum Gasteiger partial charge on any atom is -0.0896 e. The van der Waals surface area contributed by atoms with Crippen molar-refractivity contribution in [2.45, 2.75) is 6.92 Å². The summed E-state index contributed by atoms with van der Waals surface area (Å²) in [5.41, 5.74) is 10.3. The van der Waals surface area contributed by atoms with E-state index in [4.69, 9.17) is 5.53 Å². The van der Waals surface area contributed by atoms with Gasteiger partial charge in [0.25, 0.3) is 0 Å². The van der Waals surface area contributed by atoms with Crippen molar-refractivity contribution in [2.24, 2.45) is 5.11 Å². The van der Waals surface area contributed by atoms with Gasteiger partial charge in [0.1, 0.15) is 0 Å². The first-order valence-electron chi connectivity index (χ1n) is 4.06. The van der Waals surface area contributed by atoms with Crippen LogP contribution in [0.3, 0.4) is 0 Å². The van der Waals surface area contributed by atoms with Gasteiger partial charge in [0.15, 0.2) is 0 Å². The van der Waals surface area contributed by atoms with Crippen LogP contribution in [0.1, 0.15) is 12.5 Å². The van der Waals surface area contributed by atoms with Gasteiger partial charge in [-0.3, -0.25) is 0 Å². The molecule has 0 saturated heterocycles. The zero-order valence-corrected chi connectivity index (χ0v) is 7.51. The molecule has 0 unspecified atom stereocenters. The Balaban J connectivity index is 2.71. The summed E-state index contributed by atoms with van der Waals surface area (Å²) in [5.74, 6) is 0. The van der Waals surface area contributed by atoms with Gasteiger partial charge in [-0.05, 0) is 18.0 Å². The van der Waals surface area contributed by atoms with Crippen molar-refractivity contribution in [3.05, 3.63) is 51.9 Å². The summed E-state index contributed by atoms with van der Waals surface area (Å²) in [6, 6.07) is 9.96. The molecule has 1 aromatic rings. The molecule has 0 amide bonds. The molecule has 3 heteroatoms. The number of benzene rings is 1. The summed E-state index contributed by atoms with van der Waals surface area (Å²) in [7, 11) is 0. The van der Waals surface area contributed by atoms with E-state index >= 15 is 0 Å². The van der Waals surface area contributed by atoms with Crippen molar-refractivity contribution in [1.82, 2.24) is 0 Å². The second-order valence-electron chi connectivity index (χ2n) is 2.79. The summed E-state index contributed by atoms with van der Waals surface area (Å²) in [6.45, 7) is 2.38. The highest BCUT2D eigenvalue weighted by Gasteiger charge is 1.88. The molecule has 0 bridgehead atoms. The third-order valence-electron chi connectivity index (χ3n) is 1.60. The molecule has 0 atom stereocenters. The van der Waals surface area contributed by atoms with E-state index < -0.39 is 0 Å². The predicted molar refractivity (Wildman–Crippen MR) is 54.1 cm³/mol. The zero-order valence-electron chi connectivity index (χ0n) is 7.51. The Morgan fingerprint density at radius 2 is 2.15 bits per heavy atom. The lowest BCUT2D eigenvalue weighted by Gasteiger charge is -1.95. The molecule has 0 N–H and O–H groups in total. The van der Waals surface area contributed by atoms with Crippen LogP contribution in [-0.2, 0) is 0 Å². The SMILES string of the molecule is C/C(=C\c1ccccc1)CN=[N+]=[N-]. The quantitative estimate of drug-likeness (QED) is 0.382. The van der Waals surface area contributed by atoms with Gasteiger partial charge in [0, 0.05) is 11.5 Å². The first-order valence-corrected chi connectivity index (χ1v) is 4.06. The summed E-state index contributed by atoms with van der Waals surface area (Å²) in [5, 5.41) is 3.48. The Bertz CT molecular complexity index is 334. The number of hydrogen-bond acceptors (Lipinski definition) is 1. The van der Waals surface area contributed by atoms with Gasteiger partial charge in [-0.25, -0.2) is 0 Å². The lowest BCUT2D eigenvalue weighted by molar-refractivity contribution is 1.13. The maximum atomic E-state index is 8.11. The largest absolute Gasteiger partial charge is 0.0896 e. The first kappa shape index (κ1) is 9.36. The second kappa shape index (κ2) is 5.01. The number of hydrogen-bond donors (Lipinski definition) is 0. The molecule has 3 nitrogen and oxygen atoms in total. The van der Waals surface area contributed by atoms with Crippen LogP contribution in [0.25, 0.3) is 16.5 Å². The van der Waals surface area contributed by atoms with Crippen molar-refractivity contribution < 1.29 is 0 Å². The number of rotatable bonds is 3. The summed E-state index contributed by atoms with van der Waals surface area (Å²) in [4.78, 5) is 2.70. The van der Waals surface area contributed by atoms with E-state index in [2.05, 4.69) is 10.0 Å². The molecular formula is C10H11N3. The van der Waals surface area contributed by atoms with E-state index in [1.165, 1.54) is 0 Å². The molecule has 1 aromatic carbocycles. The van der Waals surface area contributed by atoms with Crippen molar-refractivity contribution >= 4 is 6.08 Å². The normalized spacial score (nSPS) is 10.7. The van der Waals surface area contributed by atoms with Gasteiger partial charge in [-0.2, -0.15) is 0 Å². The van der Waals surface area contributed by atoms with E-state index in [-0.39, 0.29) is 0 Å². The number of azide groups is 1. The average molecular weight is 173 g/mol. The Kier molecular flexibility index (Phi) is 3.61. The summed E-state index contributed by atoms with van der Waals surface area (Å²) < 4.78 is 0.